The Morgan fingerprint density at radius 3 is 2.41 bits per heavy atom. The molecule has 94 valence electrons. The number of sulfonamides is 1. The van der Waals surface area contributed by atoms with Crippen molar-refractivity contribution in [1.29, 1.82) is 0 Å². The highest BCUT2D eigenvalue weighted by Gasteiger charge is 2.37. The number of hydrogen-bond acceptors (Lipinski definition) is 3. The van der Waals surface area contributed by atoms with E-state index in [1.165, 1.54) is 16.4 Å². The lowest BCUT2D eigenvalue weighted by molar-refractivity contribution is 0.393. The van der Waals surface area contributed by atoms with Crippen molar-refractivity contribution in [3.63, 3.8) is 0 Å². The van der Waals surface area contributed by atoms with Crippen LogP contribution in [0.3, 0.4) is 0 Å². The van der Waals surface area contributed by atoms with Crippen molar-refractivity contribution in [3.8, 4) is 0 Å². The third-order valence-corrected chi connectivity index (χ3v) is 5.43. The normalized spacial score (nSPS) is 26.3. The Balaban J connectivity index is 2.34. The molecule has 0 saturated carbocycles. The zero-order valence-electron chi connectivity index (χ0n) is 9.51. The van der Waals surface area contributed by atoms with Crippen molar-refractivity contribution in [2.75, 3.05) is 6.54 Å². The summed E-state index contributed by atoms with van der Waals surface area (Å²) in [5.41, 5.74) is 5.84. The van der Waals surface area contributed by atoms with Crippen LogP contribution in [0.5, 0.6) is 0 Å². The van der Waals surface area contributed by atoms with Gasteiger partial charge in [-0.25, -0.2) is 8.42 Å². The lowest BCUT2D eigenvalue weighted by Gasteiger charge is -2.22. The molecule has 0 aliphatic carbocycles. The van der Waals surface area contributed by atoms with Gasteiger partial charge in [-0.3, -0.25) is 0 Å². The molecular weight excluding hydrogens is 260 g/mol. The summed E-state index contributed by atoms with van der Waals surface area (Å²) in [5.74, 6) is 0. The minimum Gasteiger partial charge on any atom is -0.326 e. The fourth-order valence-electron chi connectivity index (χ4n) is 2.02. The third-order valence-electron chi connectivity index (χ3n) is 3.18. The van der Waals surface area contributed by atoms with Crippen molar-refractivity contribution in [3.05, 3.63) is 29.3 Å². The van der Waals surface area contributed by atoms with Crippen LogP contribution in [0.25, 0.3) is 0 Å². The maximum absolute atomic E-state index is 12.3. The first-order valence-corrected chi connectivity index (χ1v) is 7.28. The first kappa shape index (κ1) is 12.8. The molecule has 2 N–H and O–H groups in total. The summed E-state index contributed by atoms with van der Waals surface area (Å²) in [5, 5.41) is 0.523. The summed E-state index contributed by atoms with van der Waals surface area (Å²) in [6, 6.07) is 5.96. The third kappa shape index (κ3) is 2.33. The molecule has 1 saturated heterocycles. The topological polar surface area (TPSA) is 63.4 Å². The lowest BCUT2D eigenvalue weighted by atomic mass is 10.2. The predicted octanol–water partition coefficient (Wildman–Crippen LogP) is 1.45. The maximum Gasteiger partial charge on any atom is 0.243 e. The van der Waals surface area contributed by atoms with Crippen molar-refractivity contribution in [1.82, 2.24) is 4.31 Å². The first-order valence-electron chi connectivity index (χ1n) is 5.46. The van der Waals surface area contributed by atoms with Gasteiger partial charge < -0.3 is 5.73 Å². The monoisotopic (exact) mass is 274 g/mol. The van der Waals surface area contributed by atoms with Crippen LogP contribution in [-0.2, 0) is 10.0 Å². The van der Waals surface area contributed by atoms with Crippen molar-refractivity contribution in [2.45, 2.75) is 30.3 Å². The second kappa shape index (κ2) is 4.57. The number of nitrogens with two attached hydrogens (primary N) is 1. The predicted molar refractivity (Wildman–Crippen MR) is 67.4 cm³/mol. The van der Waals surface area contributed by atoms with Crippen LogP contribution in [-0.4, -0.2) is 31.4 Å². The molecule has 0 bridgehead atoms. The van der Waals surface area contributed by atoms with Crippen LogP contribution < -0.4 is 5.73 Å². The zero-order valence-corrected chi connectivity index (χ0v) is 11.1. The summed E-state index contributed by atoms with van der Waals surface area (Å²) in [6.07, 6.45) is 0.702. The Hall–Kier alpha value is -0.620. The van der Waals surface area contributed by atoms with Crippen LogP contribution >= 0.6 is 11.6 Å². The van der Waals surface area contributed by atoms with E-state index in [9.17, 15) is 8.42 Å². The SMILES string of the molecule is CC1C(N)CCN1S(=O)(=O)c1ccc(Cl)cc1. The van der Waals surface area contributed by atoms with Gasteiger partial charge in [0.15, 0.2) is 0 Å². The molecule has 0 spiro atoms. The van der Waals surface area contributed by atoms with Crippen LogP contribution in [0.4, 0.5) is 0 Å². The standard InChI is InChI=1S/C11H15ClN2O2S/c1-8-11(13)6-7-14(8)17(15,16)10-4-2-9(12)3-5-10/h2-5,8,11H,6-7,13H2,1H3. The molecule has 1 fully saturated rings. The molecule has 0 aromatic heterocycles. The van der Waals surface area contributed by atoms with E-state index in [1.807, 2.05) is 6.92 Å². The molecule has 1 heterocycles. The highest BCUT2D eigenvalue weighted by Crippen LogP contribution is 2.25. The van der Waals surface area contributed by atoms with E-state index in [-0.39, 0.29) is 17.0 Å². The van der Waals surface area contributed by atoms with Gasteiger partial charge in [0.2, 0.25) is 10.0 Å². The van der Waals surface area contributed by atoms with E-state index in [1.54, 1.807) is 12.1 Å². The molecular formula is C11H15ClN2O2S. The summed E-state index contributed by atoms with van der Waals surface area (Å²) in [6.45, 7) is 2.32. The lowest BCUT2D eigenvalue weighted by Crippen LogP contribution is -2.40. The van der Waals surface area contributed by atoms with Crippen LogP contribution in [0, 0.1) is 0 Å². The highest BCUT2D eigenvalue weighted by molar-refractivity contribution is 7.89. The van der Waals surface area contributed by atoms with Crippen LogP contribution in [0.1, 0.15) is 13.3 Å². The van der Waals surface area contributed by atoms with Gasteiger partial charge in [0, 0.05) is 23.7 Å². The Bertz CT molecular complexity index is 501. The Kier molecular flexibility index (Phi) is 3.45. The molecule has 1 aromatic carbocycles. The Morgan fingerprint density at radius 1 is 1.35 bits per heavy atom. The van der Waals surface area contributed by atoms with Gasteiger partial charge in [0.05, 0.1) is 4.90 Å². The second-order valence-electron chi connectivity index (χ2n) is 4.26. The van der Waals surface area contributed by atoms with Gasteiger partial charge >= 0.3 is 0 Å². The Morgan fingerprint density at radius 2 is 1.94 bits per heavy atom. The second-order valence-corrected chi connectivity index (χ2v) is 6.59. The first-order chi connectivity index (χ1) is 7.93. The van der Waals surface area contributed by atoms with E-state index in [0.29, 0.717) is 18.0 Å². The van der Waals surface area contributed by atoms with Crippen LogP contribution in [0.15, 0.2) is 29.2 Å². The summed E-state index contributed by atoms with van der Waals surface area (Å²) in [7, 11) is -3.44. The molecule has 17 heavy (non-hydrogen) atoms. The highest BCUT2D eigenvalue weighted by atomic mass is 35.5. The minimum absolute atomic E-state index is 0.0860. The van der Waals surface area contributed by atoms with Gasteiger partial charge in [0.25, 0.3) is 0 Å². The molecule has 1 aromatic rings. The molecule has 0 radical (unpaired) electrons. The average Bonchev–Trinajstić information content (AvgIpc) is 2.61. The smallest absolute Gasteiger partial charge is 0.243 e. The van der Waals surface area contributed by atoms with Gasteiger partial charge in [0.1, 0.15) is 0 Å². The number of benzene rings is 1. The largest absolute Gasteiger partial charge is 0.326 e. The minimum atomic E-state index is -3.44. The number of halogens is 1. The van der Waals surface area contributed by atoms with Gasteiger partial charge in [-0.2, -0.15) is 4.31 Å². The van der Waals surface area contributed by atoms with Crippen LogP contribution in [0.2, 0.25) is 5.02 Å². The number of rotatable bonds is 2. The van der Waals surface area contributed by atoms with E-state index in [4.69, 9.17) is 17.3 Å². The van der Waals surface area contributed by atoms with E-state index in [2.05, 4.69) is 0 Å². The molecule has 1 aliphatic rings. The summed E-state index contributed by atoms with van der Waals surface area (Å²) in [4.78, 5) is 0.267. The van der Waals surface area contributed by atoms with Gasteiger partial charge in [-0.15, -0.1) is 0 Å². The average molecular weight is 275 g/mol. The maximum atomic E-state index is 12.3. The van der Waals surface area contributed by atoms with Gasteiger partial charge in [-0.1, -0.05) is 11.6 Å². The van der Waals surface area contributed by atoms with E-state index in [0.717, 1.165) is 0 Å². The van der Waals surface area contributed by atoms with Crippen molar-refractivity contribution < 1.29 is 8.42 Å². The molecule has 6 heteroatoms. The summed E-state index contributed by atoms with van der Waals surface area (Å²) < 4.78 is 26.1. The van der Waals surface area contributed by atoms with E-state index < -0.39 is 10.0 Å². The molecule has 2 rings (SSSR count). The fourth-order valence-corrected chi connectivity index (χ4v) is 3.83. The van der Waals surface area contributed by atoms with Crippen molar-refractivity contribution in [2.24, 2.45) is 5.73 Å². The quantitative estimate of drug-likeness (QED) is 0.888. The summed E-state index contributed by atoms with van der Waals surface area (Å²) >= 11 is 5.74. The molecule has 2 unspecified atom stereocenters. The fraction of sp³-hybridized carbons (Fsp3) is 0.455. The molecule has 2 atom stereocenters. The van der Waals surface area contributed by atoms with E-state index >= 15 is 0 Å². The molecule has 0 amide bonds. The molecule has 1 aliphatic heterocycles. The van der Waals surface area contributed by atoms with Crippen molar-refractivity contribution >= 4 is 21.6 Å². The zero-order chi connectivity index (χ0) is 12.6. The number of nitrogens with zero attached hydrogens (tertiary/aromatic N) is 1. The van der Waals surface area contributed by atoms with Gasteiger partial charge in [-0.05, 0) is 37.6 Å². The Labute approximate surface area is 106 Å². The number of hydrogen-bond donors (Lipinski definition) is 1. The molecule has 4 nitrogen and oxygen atoms in total.